The number of aryl methyl sites for hydroxylation is 1. The fraction of sp³-hybridized carbons (Fsp3) is 0.348. The van der Waals surface area contributed by atoms with Crippen molar-refractivity contribution in [3.8, 4) is 0 Å². The zero-order valence-corrected chi connectivity index (χ0v) is 17.0. The number of benzene rings is 1. The number of hydrogen-bond acceptors (Lipinski definition) is 5. The summed E-state index contributed by atoms with van der Waals surface area (Å²) in [6, 6.07) is 11.1. The largest absolute Gasteiger partial charge is 0.327 e. The van der Waals surface area contributed by atoms with Crippen molar-refractivity contribution in [2.24, 2.45) is 0 Å². The first-order chi connectivity index (χ1) is 15.2. The van der Waals surface area contributed by atoms with Crippen LogP contribution in [0.3, 0.4) is 0 Å². The van der Waals surface area contributed by atoms with Gasteiger partial charge in [-0.25, -0.2) is 0 Å². The van der Waals surface area contributed by atoms with Crippen molar-refractivity contribution in [3.05, 3.63) is 71.6 Å². The summed E-state index contributed by atoms with van der Waals surface area (Å²) >= 11 is 0. The molecule has 1 aromatic carbocycles. The monoisotopic (exact) mass is 414 g/mol. The molecule has 1 saturated heterocycles. The molecule has 1 spiro atoms. The van der Waals surface area contributed by atoms with E-state index in [0.717, 1.165) is 48.4 Å². The standard InChI is InChI=1S/C23H22N6O2/c30-21(20-27-26-18-9-3-4-12-28(18)20)29-13-10-23(19(29)15-6-5-11-24-14-15)16-7-1-2-8-17(16)25-22(23)31/h1-2,5-8,11,14,19H,3-4,9-10,12-13H2,(H,25,31). The van der Waals surface area contributed by atoms with Crippen LogP contribution in [0.25, 0.3) is 0 Å². The van der Waals surface area contributed by atoms with E-state index in [0.29, 0.717) is 18.8 Å². The average molecular weight is 414 g/mol. The van der Waals surface area contributed by atoms with Gasteiger partial charge in [0.25, 0.3) is 5.91 Å². The quantitative estimate of drug-likeness (QED) is 0.695. The van der Waals surface area contributed by atoms with Gasteiger partial charge in [0.15, 0.2) is 0 Å². The summed E-state index contributed by atoms with van der Waals surface area (Å²) < 4.78 is 1.94. The van der Waals surface area contributed by atoms with Crippen molar-refractivity contribution >= 4 is 17.5 Å². The van der Waals surface area contributed by atoms with Crippen LogP contribution in [-0.2, 0) is 23.2 Å². The Kier molecular flexibility index (Phi) is 3.96. The van der Waals surface area contributed by atoms with Gasteiger partial charge in [0.05, 0.1) is 6.04 Å². The highest BCUT2D eigenvalue weighted by Crippen LogP contribution is 2.54. The number of para-hydroxylation sites is 1. The van der Waals surface area contributed by atoms with E-state index in [1.165, 1.54) is 0 Å². The number of nitrogens with zero attached hydrogens (tertiary/aromatic N) is 5. The number of amides is 2. The molecule has 3 aromatic rings. The van der Waals surface area contributed by atoms with Crippen LogP contribution in [0.15, 0.2) is 48.8 Å². The lowest BCUT2D eigenvalue weighted by atomic mass is 9.73. The Balaban J connectivity index is 1.49. The number of pyridine rings is 1. The van der Waals surface area contributed by atoms with Crippen molar-refractivity contribution < 1.29 is 9.59 Å². The number of carbonyl (C=O) groups excluding carboxylic acids is 2. The van der Waals surface area contributed by atoms with Gasteiger partial charge in [0.2, 0.25) is 11.7 Å². The maximum absolute atomic E-state index is 13.8. The zero-order valence-electron chi connectivity index (χ0n) is 17.0. The number of fused-ring (bicyclic) bond motifs is 3. The highest BCUT2D eigenvalue weighted by Gasteiger charge is 2.59. The molecule has 0 radical (unpaired) electrons. The number of hydrogen-bond donors (Lipinski definition) is 1. The number of carbonyl (C=O) groups is 2. The molecule has 2 unspecified atom stereocenters. The second kappa shape index (κ2) is 6.73. The van der Waals surface area contributed by atoms with E-state index < -0.39 is 11.5 Å². The van der Waals surface area contributed by atoms with Crippen LogP contribution in [0.2, 0.25) is 0 Å². The van der Waals surface area contributed by atoms with Gasteiger partial charge in [-0.1, -0.05) is 24.3 Å². The fourth-order valence-electron chi connectivity index (χ4n) is 5.50. The summed E-state index contributed by atoms with van der Waals surface area (Å²) in [6.07, 6.45) is 6.92. The summed E-state index contributed by atoms with van der Waals surface area (Å²) in [4.78, 5) is 33.3. The van der Waals surface area contributed by atoms with E-state index in [2.05, 4.69) is 20.5 Å². The van der Waals surface area contributed by atoms with Crippen LogP contribution in [0.4, 0.5) is 5.69 Å². The lowest BCUT2D eigenvalue weighted by Gasteiger charge is -2.34. The normalized spacial score (nSPS) is 24.2. The predicted octanol–water partition coefficient (Wildman–Crippen LogP) is 2.49. The Morgan fingerprint density at radius 3 is 2.87 bits per heavy atom. The highest BCUT2D eigenvalue weighted by molar-refractivity contribution is 6.08. The second-order valence-corrected chi connectivity index (χ2v) is 8.46. The third-order valence-corrected chi connectivity index (χ3v) is 6.90. The van der Waals surface area contributed by atoms with Crippen molar-refractivity contribution in [2.75, 3.05) is 11.9 Å². The molecule has 0 aliphatic carbocycles. The van der Waals surface area contributed by atoms with Crippen LogP contribution in [-0.4, -0.2) is 43.0 Å². The van der Waals surface area contributed by atoms with Crippen LogP contribution in [0.1, 0.15) is 52.9 Å². The first kappa shape index (κ1) is 18.2. The third kappa shape index (κ3) is 2.50. The number of likely N-dealkylation sites (tertiary alicyclic amines) is 1. The van der Waals surface area contributed by atoms with Crippen LogP contribution in [0, 0.1) is 0 Å². The number of rotatable bonds is 2. The molecule has 2 amide bonds. The van der Waals surface area contributed by atoms with E-state index in [9.17, 15) is 9.59 Å². The first-order valence-corrected chi connectivity index (χ1v) is 10.7. The van der Waals surface area contributed by atoms with Crippen molar-refractivity contribution in [2.45, 2.75) is 43.7 Å². The van der Waals surface area contributed by atoms with Gasteiger partial charge in [-0.15, -0.1) is 10.2 Å². The Hall–Kier alpha value is -3.55. The Morgan fingerprint density at radius 1 is 1.10 bits per heavy atom. The maximum Gasteiger partial charge on any atom is 0.292 e. The summed E-state index contributed by atoms with van der Waals surface area (Å²) in [5, 5.41) is 11.6. The third-order valence-electron chi connectivity index (χ3n) is 6.90. The molecule has 8 heteroatoms. The molecule has 2 aromatic heterocycles. The number of anilines is 1. The van der Waals surface area contributed by atoms with Crippen molar-refractivity contribution in [3.63, 3.8) is 0 Å². The van der Waals surface area contributed by atoms with E-state index in [4.69, 9.17) is 0 Å². The summed E-state index contributed by atoms with van der Waals surface area (Å²) in [7, 11) is 0. The molecule has 31 heavy (non-hydrogen) atoms. The molecule has 6 rings (SSSR count). The molecule has 8 nitrogen and oxygen atoms in total. The molecular weight excluding hydrogens is 392 g/mol. The van der Waals surface area contributed by atoms with E-state index >= 15 is 0 Å². The fourth-order valence-corrected chi connectivity index (χ4v) is 5.50. The van der Waals surface area contributed by atoms with Crippen LogP contribution < -0.4 is 5.32 Å². The van der Waals surface area contributed by atoms with E-state index in [1.807, 2.05) is 41.0 Å². The minimum atomic E-state index is -0.847. The molecule has 5 heterocycles. The number of nitrogens with one attached hydrogen (secondary N) is 1. The topological polar surface area (TPSA) is 93.0 Å². The smallest absolute Gasteiger partial charge is 0.292 e. The molecule has 0 bridgehead atoms. The molecule has 3 aliphatic rings. The maximum atomic E-state index is 13.8. The molecule has 2 atom stereocenters. The lowest BCUT2D eigenvalue weighted by Crippen LogP contribution is -2.43. The Labute approximate surface area is 179 Å². The van der Waals surface area contributed by atoms with Gasteiger partial charge in [-0.2, -0.15) is 0 Å². The van der Waals surface area contributed by atoms with Gasteiger partial charge in [-0.3, -0.25) is 14.6 Å². The van der Waals surface area contributed by atoms with Gasteiger partial charge in [-0.05, 0) is 42.5 Å². The minimum Gasteiger partial charge on any atom is -0.327 e. The van der Waals surface area contributed by atoms with Crippen LogP contribution >= 0.6 is 0 Å². The van der Waals surface area contributed by atoms with E-state index in [-0.39, 0.29) is 11.8 Å². The molecule has 3 aliphatic heterocycles. The predicted molar refractivity (Wildman–Crippen MR) is 112 cm³/mol. The summed E-state index contributed by atoms with van der Waals surface area (Å²) in [6.45, 7) is 1.21. The summed E-state index contributed by atoms with van der Waals surface area (Å²) in [5.41, 5.74) is 1.75. The van der Waals surface area contributed by atoms with Gasteiger partial charge >= 0.3 is 0 Å². The molecule has 0 saturated carbocycles. The summed E-state index contributed by atoms with van der Waals surface area (Å²) in [5.74, 6) is 0.988. The molecule has 1 fully saturated rings. The van der Waals surface area contributed by atoms with Crippen molar-refractivity contribution in [1.82, 2.24) is 24.6 Å². The highest BCUT2D eigenvalue weighted by atomic mass is 16.2. The average Bonchev–Trinajstić information content (AvgIpc) is 3.49. The van der Waals surface area contributed by atoms with Crippen LogP contribution in [0.5, 0.6) is 0 Å². The lowest BCUT2D eigenvalue weighted by molar-refractivity contribution is -0.121. The molecule has 1 N–H and O–H groups in total. The number of aromatic nitrogens is 4. The zero-order chi connectivity index (χ0) is 21.0. The van der Waals surface area contributed by atoms with Crippen molar-refractivity contribution in [1.29, 1.82) is 0 Å². The Bertz CT molecular complexity index is 1190. The Morgan fingerprint density at radius 2 is 2.00 bits per heavy atom. The van der Waals surface area contributed by atoms with Gasteiger partial charge in [0.1, 0.15) is 11.2 Å². The first-order valence-electron chi connectivity index (χ1n) is 10.7. The second-order valence-electron chi connectivity index (χ2n) is 8.46. The minimum absolute atomic E-state index is 0.0684. The SMILES string of the molecule is O=C(c1nnc2n1CCCC2)N1CCC2(C(=O)Nc3ccccc32)C1c1cccnc1. The van der Waals surface area contributed by atoms with E-state index in [1.54, 1.807) is 17.3 Å². The molecule has 156 valence electrons. The molecular formula is C23H22N6O2. The van der Waals surface area contributed by atoms with Gasteiger partial charge < -0.3 is 14.8 Å². The van der Waals surface area contributed by atoms with Gasteiger partial charge in [0, 0.05) is 37.6 Å².